The van der Waals surface area contributed by atoms with Crippen LogP contribution in [0.15, 0.2) is 0 Å². The predicted molar refractivity (Wildman–Crippen MR) is 31.9 cm³/mol. The molecule has 0 aliphatic heterocycles. The smallest absolute Gasteiger partial charge is 0.336 e. The zero-order chi connectivity index (χ0) is 7.28. The number of hydrogen-bond donors (Lipinski definition) is 2. The summed E-state index contributed by atoms with van der Waals surface area (Å²) in [5.74, 6) is -0.692. The van der Waals surface area contributed by atoms with Gasteiger partial charge < -0.3 is 9.84 Å². The van der Waals surface area contributed by atoms with Crippen molar-refractivity contribution in [3.05, 3.63) is 0 Å². The van der Waals surface area contributed by atoms with E-state index in [1.807, 2.05) is 0 Å². The van der Waals surface area contributed by atoms with E-state index in [9.17, 15) is 4.79 Å². The van der Waals surface area contributed by atoms with E-state index in [2.05, 4.69) is 9.57 Å². The molecule has 0 spiro atoms. The largest absolute Gasteiger partial charge is 0.467 e. The molecule has 0 aromatic rings. The molecule has 54 valence electrons. The molecular formula is C4H8ClNO3. The maximum absolute atomic E-state index is 10.3. The number of carbonyl (C=O) groups is 1. The molecule has 0 saturated carbocycles. The lowest BCUT2D eigenvalue weighted by Gasteiger charge is -2.04. The zero-order valence-corrected chi connectivity index (χ0v) is 5.68. The normalized spacial score (nSPS) is 12.8. The minimum Gasteiger partial charge on any atom is -0.467 e. The lowest BCUT2D eigenvalue weighted by atomic mass is 10.4. The number of rotatable bonds is 3. The van der Waals surface area contributed by atoms with E-state index >= 15 is 0 Å². The molecule has 0 bridgehead atoms. The van der Waals surface area contributed by atoms with Crippen LogP contribution in [0.1, 0.15) is 0 Å². The van der Waals surface area contributed by atoms with Gasteiger partial charge in [-0.15, -0.1) is 0 Å². The maximum atomic E-state index is 10.3. The van der Waals surface area contributed by atoms with Gasteiger partial charge in [-0.3, -0.25) is 0 Å². The number of ether oxygens (including phenoxy) is 1. The Balaban J connectivity index is 3.45. The summed E-state index contributed by atoms with van der Waals surface area (Å²) in [6.07, 6.45) is -1.17. The molecule has 4 nitrogen and oxygen atoms in total. The van der Waals surface area contributed by atoms with E-state index in [-0.39, 0.29) is 6.54 Å². The van der Waals surface area contributed by atoms with Crippen molar-refractivity contribution in [2.75, 3.05) is 13.7 Å². The van der Waals surface area contributed by atoms with Crippen LogP contribution in [0.3, 0.4) is 0 Å². The van der Waals surface area contributed by atoms with Gasteiger partial charge in [-0.2, -0.15) is 0 Å². The molecular weight excluding hydrogens is 146 g/mol. The Morgan fingerprint density at radius 1 is 2.00 bits per heavy atom. The van der Waals surface area contributed by atoms with Crippen molar-refractivity contribution in [2.45, 2.75) is 6.10 Å². The molecule has 0 amide bonds. The highest BCUT2D eigenvalue weighted by molar-refractivity contribution is 6.13. The van der Waals surface area contributed by atoms with Crippen molar-refractivity contribution in [3.63, 3.8) is 0 Å². The zero-order valence-electron chi connectivity index (χ0n) is 4.93. The van der Waals surface area contributed by atoms with Gasteiger partial charge in [0.15, 0.2) is 6.10 Å². The van der Waals surface area contributed by atoms with E-state index in [0.29, 0.717) is 0 Å². The second kappa shape index (κ2) is 4.55. The number of carbonyl (C=O) groups excluding carboxylic acids is 1. The Labute approximate surface area is 57.9 Å². The maximum Gasteiger partial charge on any atom is 0.336 e. The molecule has 0 heterocycles. The molecule has 0 fully saturated rings. The third-order valence-electron chi connectivity index (χ3n) is 0.744. The second-order valence-corrected chi connectivity index (χ2v) is 1.64. The fraction of sp³-hybridized carbons (Fsp3) is 0.750. The van der Waals surface area contributed by atoms with Crippen LogP contribution in [0.25, 0.3) is 0 Å². The van der Waals surface area contributed by atoms with Gasteiger partial charge in [0.05, 0.1) is 7.11 Å². The molecule has 0 aliphatic rings. The van der Waals surface area contributed by atoms with Gasteiger partial charge in [0.2, 0.25) is 0 Å². The lowest BCUT2D eigenvalue weighted by molar-refractivity contribution is -0.149. The number of nitrogens with one attached hydrogen (secondary N) is 1. The first-order valence-electron chi connectivity index (χ1n) is 2.31. The fourth-order valence-electron chi connectivity index (χ4n) is 0.292. The quantitative estimate of drug-likeness (QED) is 0.414. The van der Waals surface area contributed by atoms with Crippen molar-refractivity contribution in [2.24, 2.45) is 0 Å². The molecule has 9 heavy (non-hydrogen) atoms. The molecule has 2 N–H and O–H groups in total. The highest BCUT2D eigenvalue weighted by Crippen LogP contribution is 1.84. The van der Waals surface area contributed by atoms with Crippen molar-refractivity contribution in [1.29, 1.82) is 0 Å². The van der Waals surface area contributed by atoms with Gasteiger partial charge in [0.1, 0.15) is 0 Å². The number of aliphatic hydroxyl groups is 1. The van der Waals surface area contributed by atoms with Gasteiger partial charge >= 0.3 is 5.97 Å². The van der Waals surface area contributed by atoms with Crippen LogP contribution < -0.4 is 4.84 Å². The average molecular weight is 154 g/mol. The molecule has 0 aromatic carbocycles. The topological polar surface area (TPSA) is 58.6 Å². The summed E-state index contributed by atoms with van der Waals surface area (Å²) >= 11 is 4.98. The van der Waals surface area contributed by atoms with Crippen molar-refractivity contribution >= 4 is 17.7 Å². The molecule has 0 rings (SSSR count). The highest BCUT2D eigenvalue weighted by atomic mass is 35.5. The monoisotopic (exact) mass is 153 g/mol. The lowest BCUT2D eigenvalue weighted by Crippen LogP contribution is -2.30. The minimum atomic E-state index is -1.17. The number of hydrogen-bond acceptors (Lipinski definition) is 4. The molecule has 0 radical (unpaired) electrons. The molecule has 0 aliphatic carbocycles. The molecule has 0 unspecified atom stereocenters. The molecule has 0 saturated heterocycles. The Morgan fingerprint density at radius 3 is 2.89 bits per heavy atom. The number of esters is 1. The van der Waals surface area contributed by atoms with Crippen LogP contribution in [0.4, 0.5) is 0 Å². The van der Waals surface area contributed by atoms with Crippen LogP contribution in [0.2, 0.25) is 0 Å². The summed E-state index contributed by atoms with van der Waals surface area (Å²) in [4.78, 5) is 12.4. The Morgan fingerprint density at radius 2 is 2.56 bits per heavy atom. The minimum absolute atomic E-state index is 0.00573. The van der Waals surface area contributed by atoms with Gasteiger partial charge in [-0.25, -0.2) is 9.63 Å². The van der Waals surface area contributed by atoms with Crippen LogP contribution in [0, 0.1) is 0 Å². The standard InChI is InChI=1S/C4H8ClNO3/c1-9-4(8)3(7)2-6-5/h3,6-7H,2H2,1H3/t3-/m0/s1. The third-order valence-corrected chi connectivity index (χ3v) is 0.898. The second-order valence-electron chi connectivity index (χ2n) is 1.38. The van der Waals surface area contributed by atoms with E-state index in [4.69, 9.17) is 16.9 Å². The summed E-state index contributed by atoms with van der Waals surface area (Å²) < 4.78 is 4.18. The van der Waals surface area contributed by atoms with Crippen LogP contribution in [-0.2, 0) is 9.53 Å². The van der Waals surface area contributed by atoms with E-state index in [1.165, 1.54) is 7.11 Å². The fourth-order valence-corrected chi connectivity index (χ4v) is 0.439. The summed E-state index contributed by atoms with van der Waals surface area (Å²) in [6, 6.07) is 0. The van der Waals surface area contributed by atoms with Gasteiger partial charge in [-0.05, 0) is 11.8 Å². The van der Waals surface area contributed by atoms with Crippen LogP contribution >= 0.6 is 11.8 Å². The first-order valence-corrected chi connectivity index (χ1v) is 2.69. The first-order chi connectivity index (χ1) is 4.22. The Hall–Kier alpha value is -0.320. The first kappa shape index (κ1) is 8.68. The number of halogens is 1. The van der Waals surface area contributed by atoms with E-state index < -0.39 is 12.1 Å². The van der Waals surface area contributed by atoms with Gasteiger partial charge in [0, 0.05) is 6.54 Å². The van der Waals surface area contributed by atoms with Crippen molar-refractivity contribution in [1.82, 2.24) is 4.84 Å². The third kappa shape index (κ3) is 3.29. The van der Waals surface area contributed by atoms with Gasteiger partial charge in [-0.1, -0.05) is 0 Å². The van der Waals surface area contributed by atoms with Crippen LogP contribution in [0.5, 0.6) is 0 Å². The summed E-state index contributed by atoms with van der Waals surface area (Å²) in [5, 5.41) is 8.70. The molecule has 1 atom stereocenters. The van der Waals surface area contributed by atoms with E-state index in [1.54, 1.807) is 0 Å². The summed E-state index contributed by atoms with van der Waals surface area (Å²) in [5.41, 5.74) is 0. The van der Waals surface area contributed by atoms with Crippen LogP contribution in [-0.4, -0.2) is 30.8 Å². The predicted octanol–water partition coefficient (Wildman–Crippen LogP) is -0.736. The van der Waals surface area contributed by atoms with Crippen molar-refractivity contribution in [3.8, 4) is 0 Å². The average Bonchev–Trinajstić information content (AvgIpc) is 1.87. The summed E-state index contributed by atoms with van der Waals surface area (Å²) in [6.45, 7) is -0.00573. The highest BCUT2D eigenvalue weighted by Gasteiger charge is 2.13. The SMILES string of the molecule is COC(=O)[C@@H](O)CNCl. The molecule has 5 heteroatoms. The number of methoxy groups -OCH3 is 1. The Kier molecular flexibility index (Phi) is 4.39. The number of aliphatic hydroxyl groups excluding tert-OH is 1. The van der Waals surface area contributed by atoms with Crippen molar-refractivity contribution < 1.29 is 14.6 Å². The van der Waals surface area contributed by atoms with E-state index in [0.717, 1.165) is 0 Å². The summed E-state index contributed by atoms with van der Waals surface area (Å²) in [7, 11) is 1.19. The van der Waals surface area contributed by atoms with Gasteiger partial charge in [0.25, 0.3) is 0 Å². The molecule has 0 aromatic heterocycles. The Bertz CT molecular complexity index is 97.8.